The third kappa shape index (κ3) is 5.27. The maximum absolute atomic E-state index is 13.8. The van der Waals surface area contributed by atoms with Gasteiger partial charge in [-0.1, -0.05) is 61.9 Å². The van der Waals surface area contributed by atoms with Gasteiger partial charge in [-0.2, -0.15) is 5.10 Å². The number of benzene rings is 2. The number of aryl methyl sites for hydroxylation is 1. The Kier molecular flexibility index (Phi) is 7.55. The van der Waals surface area contributed by atoms with Crippen LogP contribution in [0, 0.1) is 12.7 Å². The van der Waals surface area contributed by atoms with Crippen LogP contribution in [0.25, 0.3) is 27.5 Å². The molecule has 0 aliphatic heterocycles. The first-order chi connectivity index (χ1) is 16.3. The van der Waals surface area contributed by atoms with Crippen molar-refractivity contribution in [2.45, 2.75) is 50.0 Å². The molecule has 176 valence electrons. The lowest BCUT2D eigenvalue weighted by atomic mass is 10.0. The summed E-state index contributed by atoms with van der Waals surface area (Å²) in [6, 6.07) is 12.0. The second-order valence-corrected chi connectivity index (χ2v) is 11.5. The highest BCUT2D eigenvalue weighted by Crippen LogP contribution is 2.40. The van der Waals surface area contributed by atoms with Crippen LogP contribution in [0.1, 0.15) is 49.7 Å². The topological polar surface area (TPSA) is 47.8 Å². The third-order valence-electron chi connectivity index (χ3n) is 5.18. The molecule has 0 spiro atoms. The van der Waals surface area contributed by atoms with E-state index in [1.165, 1.54) is 12.1 Å². The van der Waals surface area contributed by atoms with Gasteiger partial charge < -0.3 is 0 Å². The summed E-state index contributed by atoms with van der Waals surface area (Å²) in [4.78, 5) is 17.5. The molecular formula is C26H25ClFN3OS2. The summed E-state index contributed by atoms with van der Waals surface area (Å²) in [5.74, 6) is -0.252. The van der Waals surface area contributed by atoms with Crippen molar-refractivity contribution in [3.63, 3.8) is 0 Å². The summed E-state index contributed by atoms with van der Waals surface area (Å²) in [5.41, 5.74) is 4.60. The van der Waals surface area contributed by atoms with Crippen molar-refractivity contribution in [2.75, 3.05) is 0 Å². The normalized spacial score (nSPS) is 11.4. The number of halogens is 2. The van der Waals surface area contributed by atoms with Crippen molar-refractivity contribution >= 4 is 40.5 Å². The zero-order valence-electron chi connectivity index (χ0n) is 19.4. The van der Waals surface area contributed by atoms with Crippen LogP contribution in [-0.2, 0) is 0 Å². The van der Waals surface area contributed by atoms with E-state index in [0.29, 0.717) is 27.4 Å². The Morgan fingerprint density at radius 2 is 2.00 bits per heavy atom. The maximum Gasteiger partial charge on any atom is 0.211 e. The molecule has 0 atom stereocenters. The first kappa shape index (κ1) is 24.6. The van der Waals surface area contributed by atoms with Crippen molar-refractivity contribution in [3.05, 3.63) is 70.8 Å². The van der Waals surface area contributed by atoms with Gasteiger partial charge in [-0.25, -0.2) is 14.1 Å². The van der Waals surface area contributed by atoms with Gasteiger partial charge in [0.15, 0.2) is 5.78 Å². The highest BCUT2D eigenvalue weighted by molar-refractivity contribution is 8.01. The largest absolute Gasteiger partial charge is 0.294 e. The number of hydrogen-bond donors (Lipinski definition) is 0. The number of carbonyl (C=O) groups is 1. The number of carbonyl (C=O) groups excluding carboxylic acids is 1. The van der Waals surface area contributed by atoms with Gasteiger partial charge >= 0.3 is 0 Å². The van der Waals surface area contributed by atoms with Gasteiger partial charge in [0, 0.05) is 34.6 Å². The van der Waals surface area contributed by atoms with E-state index in [9.17, 15) is 9.18 Å². The number of rotatable bonds is 8. The van der Waals surface area contributed by atoms with Gasteiger partial charge in [-0.3, -0.25) is 4.79 Å². The Morgan fingerprint density at radius 3 is 2.71 bits per heavy atom. The Balaban J connectivity index is 1.78. The van der Waals surface area contributed by atoms with Gasteiger partial charge in [0.2, 0.25) is 5.13 Å². The number of thioether (sulfide) groups is 1. The highest BCUT2D eigenvalue weighted by Gasteiger charge is 2.20. The Morgan fingerprint density at radius 1 is 1.21 bits per heavy atom. The molecule has 4 nitrogen and oxygen atoms in total. The van der Waals surface area contributed by atoms with E-state index in [2.05, 4.69) is 18.9 Å². The minimum absolute atomic E-state index is 0.0327. The molecule has 2 aromatic carbocycles. The summed E-state index contributed by atoms with van der Waals surface area (Å²) in [7, 11) is 0. The Hall–Kier alpha value is -2.48. The van der Waals surface area contributed by atoms with E-state index in [4.69, 9.17) is 16.6 Å². The minimum atomic E-state index is -0.284. The van der Waals surface area contributed by atoms with Crippen molar-refractivity contribution < 1.29 is 9.18 Å². The monoisotopic (exact) mass is 513 g/mol. The molecule has 0 saturated heterocycles. The van der Waals surface area contributed by atoms with Crippen LogP contribution in [0.5, 0.6) is 0 Å². The number of Topliss-reactive ketones (excluding diaryl/α,β-unsaturated/α-hetero) is 1. The Bertz CT molecular complexity index is 1350. The molecule has 0 unspecified atom stereocenters. The molecule has 2 aromatic heterocycles. The highest BCUT2D eigenvalue weighted by atomic mass is 35.5. The summed E-state index contributed by atoms with van der Waals surface area (Å²) >= 11 is 9.61. The van der Waals surface area contributed by atoms with Crippen molar-refractivity contribution in [1.29, 1.82) is 0 Å². The molecule has 0 N–H and O–H groups in total. The van der Waals surface area contributed by atoms with Crippen LogP contribution in [0.4, 0.5) is 4.39 Å². The first-order valence-corrected chi connectivity index (χ1v) is 13.2. The number of hydrogen-bond acceptors (Lipinski definition) is 5. The molecule has 4 rings (SSSR count). The summed E-state index contributed by atoms with van der Waals surface area (Å²) in [6.45, 7) is 8.14. The molecule has 0 amide bonds. The van der Waals surface area contributed by atoms with E-state index in [1.807, 2.05) is 38.2 Å². The van der Waals surface area contributed by atoms with Gasteiger partial charge in [0.05, 0.1) is 20.6 Å². The SMILES string of the molecule is CCCC(=O)c1cc(-c2nc(-n3cc(-c4cccc(F)c4)c(C)n3)sc2SC(C)C)ccc1Cl. The lowest BCUT2D eigenvalue weighted by Crippen LogP contribution is -2.00. The van der Waals surface area contributed by atoms with E-state index in [-0.39, 0.29) is 11.6 Å². The van der Waals surface area contributed by atoms with Crippen LogP contribution < -0.4 is 0 Å². The fraction of sp³-hybridized carbons (Fsp3) is 0.269. The van der Waals surface area contributed by atoms with E-state index in [0.717, 1.165) is 38.7 Å². The predicted octanol–water partition coefficient (Wildman–Crippen LogP) is 8.25. The lowest BCUT2D eigenvalue weighted by molar-refractivity contribution is 0.0982. The molecule has 2 heterocycles. The van der Waals surface area contributed by atoms with Crippen LogP contribution in [0.2, 0.25) is 5.02 Å². The van der Waals surface area contributed by atoms with Crippen LogP contribution >= 0.6 is 34.7 Å². The van der Waals surface area contributed by atoms with Crippen molar-refractivity contribution in [2.24, 2.45) is 0 Å². The molecule has 0 aliphatic carbocycles. The number of ketones is 1. The van der Waals surface area contributed by atoms with Gasteiger partial charge in [0.25, 0.3) is 0 Å². The number of aromatic nitrogens is 3. The van der Waals surface area contributed by atoms with E-state index < -0.39 is 0 Å². The summed E-state index contributed by atoms with van der Waals surface area (Å²) in [5, 5.41) is 6.17. The summed E-state index contributed by atoms with van der Waals surface area (Å²) < 4.78 is 16.6. The average molecular weight is 514 g/mol. The smallest absolute Gasteiger partial charge is 0.211 e. The van der Waals surface area contributed by atoms with Gasteiger partial charge in [0.1, 0.15) is 5.82 Å². The lowest BCUT2D eigenvalue weighted by Gasteiger charge is -2.08. The molecule has 0 fully saturated rings. The third-order valence-corrected chi connectivity index (χ3v) is 7.76. The average Bonchev–Trinajstić information content (AvgIpc) is 3.37. The predicted molar refractivity (Wildman–Crippen MR) is 140 cm³/mol. The van der Waals surface area contributed by atoms with Crippen LogP contribution in [0.15, 0.2) is 52.9 Å². The molecule has 0 radical (unpaired) electrons. The molecule has 0 saturated carbocycles. The van der Waals surface area contributed by atoms with E-state index in [1.54, 1.807) is 39.9 Å². The molecule has 34 heavy (non-hydrogen) atoms. The number of thiazole rings is 1. The molecule has 0 aliphatic rings. The fourth-order valence-electron chi connectivity index (χ4n) is 3.62. The van der Waals surface area contributed by atoms with Crippen LogP contribution in [-0.4, -0.2) is 25.8 Å². The zero-order valence-corrected chi connectivity index (χ0v) is 21.8. The second kappa shape index (κ2) is 10.4. The standard InChI is InChI=1S/C26H25ClFN3OS2/c1-5-7-23(32)20-13-18(10-11-22(20)27)24-25(33-15(2)3)34-26(29-24)31-14-21(16(4)30-31)17-8-6-9-19(28)12-17/h6,8-15H,5,7H2,1-4H3. The zero-order chi connectivity index (χ0) is 24.4. The molecule has 4 aromatic rings. The molecular weight excluding hydrogens is 489 g/mol. The molecule has 8 heteroatoms. The summed E-state index contributed by atoms with van der Waals surface area (Å²) in [6.07, 6.45) is 3.10. The van der Waals surface area contributed by atoms with E-state index >= 15 is 0 Å². The fourth-order valence-corrected chi connectivity index (χ4v) is 6.28. The van der Waals surface area contributed by atoms with Crippen molar-refractivity contribution in [3.8, 4) is 27.5 Å². The molecule has 0 bridgehead atoms. The Labute approximate surface area is 212 Å². The second-order valence-electron chi connectivity index (χ2n) is 8.25. The minimum Gasteiger partial charge on any atom is -0.294 e. The quantitative estimate of drug-likeness (QED) is 0.176. The van der Waals surface area contributed by atoms with Gasteiger partial charge in [-0.15, -0.1) is 11.8 Å². The van der Waals surface area contributed by atoms with Crippen LogP contribution in [0.3, 0.4) is 0 Å². The number of nitrogens with zero attached hydrogens (tertiary/aromatic N) is 3. The van der Waals surface area contributed by atoms with Gasteiger partial charge in [-0.05, 0) is 43.2 Å². The first-order valence-electron chi connectivity index (χ1n) is 11.1. The maximum atomic E-state index is 13.8. The van der Waals surface area contributed by atoms with Crippen molar-refractivity contribution in [1.82, 2.24) is 14.8 Å².